The molecule has 0 aliphatic carbocycles. The number of carbonyl (C=O) groups is 6. The molecule has 10 nitrogen and oxygen atoms in total. The van der Waals surface area contributed by atoms with E-state index in [0.717, 1.165) is 21.5 Å². The Morgan fingerprint density at radius 2 is 0.630 bits per heavy atom. The number of ether oxygens (including phenoxy) is 4. The summed E-state index contributed by atoms with van der Waals surface area (Å²) in [4.78, 5) is 71.0. The van der Waals surface area contributed by atoms with E-state index in [9.17, 15) is 28.8 Å². The van der Waals surface area contributed by atoms with Crippen LogP contribution < -0.4 is 18.9 Å². The Hall–Kier alpha value is -7.20. The van der Waals surface area contributed by atoms with Crippen molar-refractivity contribution in [2.45, 2.75) is 27.7 Å². The van der Waals surface area contributed by atoms with Crippen LogP contribution in [0.3, 0.4) is 0 Å². The van der Waals surface area contributed by atoms with Crippen molar-refractivity contribution in [3.8, 4) is 23.0 Å². The van der Waals surface area contributed by atoms with Crippen LogP contribution in [0.2, 0.25) is 0 Å². The number of hydrogen-bond donors (Lipinski definition) is 0. The predicted molar refractivity (Wildman–Crippen MR) is 205 cm³/mol. The molecule has 0 spiro atoms. The third-order valence-corrected chi connectivity index (χ3v) is 7.45. The maximum Gasteiger partial charge on any atom is 0.338 e. The number of rotatable bonds is 11. The van der Waals surface area contributed by atoms with Gasteiger partial charge in [0, 0.05) is 33.4 Å². The van der Waals surface area contributed by atoms with Crippen molar-refractivity contribution in [3.63, 3.8) is 0 Å². The fraction of sp³-hybridized carbons (Fsp3) is 0.0909. The van der Waals surface area contributed by atoms with Gasteiger partial charge in [0.2, 0.25) is 11.6 Å². The largest absolute Gasteiger partial charge is 0.423 e. The van der Waals surface area contributed by atoms with Crippen LogP contribution in [0.25, 0.3) is 21.5 Å². The van der Waals surface area contributed by atoms with Gasteiger partial charge in [0.25, 0.3) is 0 Å². The molecule has 5 aromatic rings. The molecule has 54 heavy (non-hydrogen) atoms. The molecule has 0 unspecified atom stereocenters. The summed E-state index contributed by atoms with van der Waals surface area (Å²) < 4.78 is 20.6. The first-order valence-electron chi connectivity index (χ1n) is 16.3. The van der Waals surface area contributed by atoms with Crippen molar-refractivity contribution in [1.29, 1.82) is 0 Å². The topological polar surface area (TPSA) is 139 Å². The molecule has 10 heteroatoms. The standard InChI is InChI=1S/C22H18O6.C22H18O4/c1-13(2)21(25)27-17-9-5-15(6-10-17)19(23)20(24)16-7-11-18(12-8-16)28-22(26)14(3)4;1-13(2)21(23)25-17-7-9-19-15(11-17)5-6-16-12-18(8-10-20(16)19)26-22(24)14(3)4/h5-12H,1,3H2,2,4H3;5-12H,1,3H2,2,4H3. The molecule has 0 aliphatic heterocycles. The van der Waals surface area contributed by atoms with Crippen LogP contribution >= 0.6 is 0 Å². The second kappa shape index (κ2) is 17.3. The van der Waals surface area contributed by atoms with E-state index >= 15 is 0 Å². The lowest BCUT2D eigenvalue weighted by Crippen LogP contribution is -2.15. The Morgan fingerprint density at radius 1 is 0.370 bits per heavy atom. The summed E-state index contributed by atoms with van der Waals surface area (Å²) >= 11 is 0. The smallest absolute Gasteiger partial charge is 0.338 e. The zero-order valence-corrected chi connectivity index (χ0v) is 30.1. The zero-order chi connectivity index (χ0) is 39.7. The monoisotopic (exact) mass is 724 g/mol. The molecule has 0 atom stereocenters. The molecule has 0 saturated carbocycles. The highest BCUT2D eigenvalue weighted by atomic mass is 16.5. The van der Waals surface area contributed by atoms with Gasteiger partial charge in [0.05, 0.1) is 0 Å². The highest BCUT2D eigenvalue weighted by molar-refractivity contribution is 6.49. The van der Waals surface area contributed by atoms with E-state index in [1.165, 1.54) is 62.4 Å². The normalized spacial score (nSPS) is 10.2. The molecule has 0 heterocycles. The molecule has 5 rings (SSSR count). The second-order valence-corrected chi connectivity index (χ2v) is 12.2. The van der Waals surface area contributed by atoms with Crippen molar-refractivity contribution in [1.82, 2.24) is 0 Å². The highest BCUT2D eigenvalue weighted by Gasteiger charge is 2.19. The van der Waals surface area contributed by atoms with Crippen LogP contribution in [0.5, 0.6) is 23.0 Å². The minimum Gasteiger partial charge on any atom is -0.423 e. The summed E-state index contributed by atoms with van der Waals surface area (Å²) in [5.74, 6) is -2.09. The predicted octanol–water partition coefficient (Wildman–Crippen LogP) is 8.67. The summed E-state index contributed by atoms with van der Waals surface area (Å²) in [6, 6.07) is 26.0. The molecule has 0 radical (unpaired) electrons. The van der Waals surface area contributed by atoms with E-state index in [2.05, 4.69) is 26.3 Å². The number of carbonyl (C=O) groups excluding carboxylic acids is 6. The first-order valence-corrected chi connectivity index (χ1v) is 16.3. The third kappa shape index (κ3) is 10.2. The van der Waals surface area contributed by atoms with Crippen molar-refractivity contribution in [2.24, 2.45) is 0 Å². The van der Waals surface area contributed by atoms with Crippen LogP contribution in [0.1, 0.15) is 48.4 Å². The van der Waals surface area contributed by atoms with Gasteiger partial charge in [0.15, 0.2) is 0 Å². The molecule has 0 fully saturated rings. The van der Waals surface area contributed by atoms with Gasteiger partial charge >= 0.3 is 23.9 Å². The number of ketones is 2. The molecule has 5 aromatic carbocycles. The van der Waals surface area contributed by atoms with Crippen molar-refractivity contribution in [3.05, 3.63) is 157 Å². The van der Waals surface area contributed by atoms with Gasteiger partial charge in [-0.1, -0.05) is 50.6 Å². The SMILES string of the molecule is C=C(C)C(=O)Oc1ccc(C(=O)C(=O)c2ccc(OC(=O)C(=C)C)cc2)cc1.C=C(C)C(=O)Oc1ccc2c(ccc3cc(OC(=O)C(=C)C)ccc32)c1. The Morgan fingerprint density at radius 3 is 0.907 bits per heavy atom. The number of esters is 4. The molecule has 0 N–H and O–H groups in total. The van der Waals surface area contributed by atoms with Crippen LogP contribution in [-0.4, -0.2) is 35.4 Å². The number of Topliss-reactive ketones (excluding diaryl/α,β-unsaturated/α-hetero) is 2. The lowest BCUT2D eigenvalue weighted by molar-refractivity contribution is -0.130. The summed E-state index contributed by atoms with van der Waals surface area (Å²) in [6.45, 7) is 20.4. The van der Waals surface area contributed by atoms with E-state index in [1.807, 2.05) is 36.4 Å². The summed E-state index contributed by atoms with van der Waals surface area (Å²) in [5, 5.41) is 3.90. The molecule has 0 bridgehead atoms. The molecular weight excluding hydrogens is 688 g/mol. The highest BCUT2D eigenvalue weighted by Crippen LogP contribution is 2.31. The maximum atomic E-state index is 12.4. The lowest BCUT2D eigenvalue weighted by Gasteiger charge is -2.09. The van der Waals surface area contributed by atoms with Gasteiger partial charge in [-0.15, -0.1) is 0 Å². The number of benzene rings is 5. The lowest BCUT2D eigenvalue weighted by atomic mass is 10.0. The van der Waals surface area contributed by atoms with Crippen LogP contribution in [0, 0.1) is 0 Å². The van der Waals surface area contributed by atoms with E-state index in [1.54, 1.807) is 26.0 Å². The molecule has 0 amide bonds. The Kier molecular flexibility index (Phi) is 12.7. The van der Waals surface area contributed by atoms with Crippen molar-refractivity contribution < 1.29 is 47.7 Å². The van der Waals surface area contributed by atoms with E-state index in [-0.39, 0.29) is 33.8 Å². The van der Waals surface area contributed by atoms with Crippen molar-refractivity contribution >= 4 is 57.0 Å². The summed E-state index contributed by atoms with van der Waals surface area (Å²) in [6.07, 6.45) is 0. The van der Waals surface area contributed by atoms with Gasteiger partial charge in [-0.05, 0) is 122 Å². The van der Waals surface area contributed by atoms with E-state index < -0.39 is 35.4 Å². The van der Waals surface area contributed by atoms with Gasteiger partial charge in [0.1, 0.15) is 23.0 Å². The van der Waals surface area contributed by atoms with Gasteiger partial charge in [-0.25, -0.2) is 19.2 Å². The van der Waals surface area contributed by atoms with Gasteiger partial charge in [-0.2, -0.15) is 0 Å². The van der Waals surface area contributed by atoms with Crippen molar-refractivity contribution in [2.75, 3.05) is 0 Å². The third-order valence-electron chi connectivity index (χ3n) is 7.45. The Labute approximate surface area is 311 Å². The fourth-order valence-corrected chi connectivity index (χ4v) is 4.54. The molecular formula is C44H36O10. The summed E-state index contributed by atoms with van der Waals surface area (Å²) in [7, 11) is 0. The summed E-state index contributed by atoms with van der Waals surface area (Å²) in [5.41, 5.74) is 1.48. The van der Waals surface area contributed by atoms with Crippen LogP contribution in [0.4, 0.5) is 0 Å². The second-order valence-electron chi connectivity index (χ2n) is 12.2. The van der Waals surface area contributed by atoms with Gasteiger partial charge < -0.3 is 18.9 Å². The Balaban J connectivity index is 0.000000241. The van der Waals surface area contributed by atoms with Gasteiger partial charge in [-0.3, -0.25) is 9.59 Å². The van der Waals surface area contributed by atoms with E-state index in [0.29, 0.717) is 22.6 Å². The molecule has 272 valence electrons. The maximum absolute atomic E-state index is 12.4. The van der Waals surface area contributed by atoms with Crippen LogP contribution in [0.15, 0.2) is 146 Å². The number of fused-ring (bicyclic) bond motifs is 3. The average Bonchev–Trinajstić information content (AvgIpc) is 3.14. The first kappa shape index (κ1) is 39.6. The first-order chi connectivity index (χ1) is 25.5. The molecule has 0 aromatic heterocycles. The zero-order valence-electron chi connectivity index (χ0n) is 30.1. The average molecular weight is 725 g/mol. The molecule has 0 aliphatic rings. The minimum atomic E-state index is -0.718. The minimum absolute atomic E-state index is 0.151. The van der Waals surface area contributed by atoms with E-state index in [4.69, 9.17) is 18.9 Å². The quantitative estimate of drug-likeness (QED) is 0.0325. The Bertz CT molecular complexity index is 2210. The molecule has 0 saturated heterocycles. The van der Waals surface area contributed by atoms with Crippen LogP contribution in [-0.2, 0) is 19.2 Å². The number of hydrogen-bond acceptors (Lipinski definition) is 10. The fourth-order valence-electron chi connectivity index (χ4n) is 4.54.